The molecule has 0 radical (unpaired) electrons. The standard InChI is InChI=1S/C23H23FN6O2/c1-14-8-16(10-25-3)4-6-18(14)22-28-29-23(32-22)20-12-26-11-19(27-20)17-5-7-21(31)30(13-17)15(2)9-24/h4-8,11-13,15,25H,9-10H2,1-3H3. The van der Waals surface area contributed by atoms with E-state index in [0.29, 0.717) is 22.8 Å². The number of hydrogen-bond donors (Lipinski definition) is 1. The quantitative estimate of drug-likeness (QED) is 0.475. The van der Waals surface area contributed by atoms with E-state index in [4.69, 9.17) is 4.42 Å². The summed E-state index contributed by atoms with van der Waals surface area (Å²) in [5.74, 6) is 0.629. The Bertz CT molecular complexity index is 1300. The number of alkyl halides is 1. The maximum Gasteiger partial charge on any atom is 0.268 e. The summed E-state index contributed by atoms with van der Waals surface area (Å²) in [6.07, 6.45) is 4.68. The molecule has 0 bridgehead atoms. The lowest BCUT2D eigenvalue weighted by Crippen LogP contribution is -2.23. The number of benzene rings is 1. The maximum absolute atomic E-state index is 13.1. The SMILES string of the molecule is CNCc1ccc(-c2nnc(-c3cncc(-c4ccc(=O)n(C(C)CF)c4)n3)o2)c(C)c1. The molecule has 0 saturated carbocycles. The summed E-state index contributed by atoms with van der Waals surface area (Å²) in [5.41, 5.74) is 4.31. The van der Waals surface area contributed by atoms with Gasteiger partial charge in [0.1, 0.15) is 12.4 Å². The van der Waals surface area contributed by atoms with E-state index in [2.05, 4.69) is 31.5 Å². The van der Waals surface area contributed by atoms with Crippen LogP contribution < -0.4 is 10.9 Å². The average molecular weight is 434 g/mol. The number of nitrogens with one attached hydrogen (secondary N) is 1. The molecule has 3 heterocycles. The summed E-state index contributed by atoms with van der Waals surface area (Å²) in [6, 6.07) is 8.49. The van der Waals surface area contributed by atoms with Crippen LogP contribution in [0.2, 0.25) is 0 Å². The van der Waals surface area contributed by atoms with Crippen LogP contribution in [0.1, 0.15) is 24.1 Å². The molecule has 0 aliphatic heterocycles. The number of pyridine rings is 1. The Morgan fingerprint density at radius 2 is 1.91 bits per heavy atom. The van der Waals surface area contributed by atoms with Crippen LogP contribution in [0.3, 0.4) is 0 Å². The van der Waals surface area contributed by atoms with Crippen LogP contribution in [0.25, 0.3) is 34.3 Å². The van der Waals surface area contributed by atoms with Crippen LogP contribution in [0, 0.1) is 6.92 Å². The van der Waals surface area contributed by atoms with Crippen molar-refractivity contribution >= 4 is 0 Å². The third-order valence-electron chi connectivity index (χ3n) is 5.11. The van der Waals surface area contributed by atoms with Gasteiger partial charge >= 0.3 is 0 Å². The molecule has 0 fully saturated rings. The molecule has 164 valence electrons. The lowest BCUT2D eigenvalue weighted by Gasteiger charge is -2.12. The highest BCUT2D eigenvalue weighted by molar-refractivity contribution is 5.62. The smallest absolute Gasteiger partial charge is 0.268 e. The highest BCUT2D eigenvalue weighted by atomic mass is 19.1. The van der Waals surface area contributed by atoms with Crippen molar-refractivity contribution in [3.63, 3.8) is 0 Å². The van der Waals surface area contributed by atoms with Gasteiger partial charge in [-0.1, -0.05) is 12.1 Å². The van der Waals surface area contributed by atoms with E-state index in [1.165, 1.54) is 16.8 Å². The summed E-state index contributed by atoms with van der Waals surface area (Å²) in [4.78, 5) is 20.8. The fourth-order valence-corrected chi connectivity index (χ4v) is 3.40. The van der Waals surface area contributed by atoms with Gasteiger partial charge in [-0.05, 0) is 44.2 Å². The molecule has 9 heteroatoms. The molecule has 1 N–H and O–H groups in total. The maximum atomic E-state index is 13.1. The molecule has 0 aliphatic rings. The van der Waals surface area contributed by atoms with Crippen molar-refractivity contribution in [3.8, 4) is 34.3 Å². The van der Waals surface area contributed by atoms with Crippen molar-refractivity contribution in [1.82, 2.24) is 30.0 Å². The fraction of sp³-hybridized carbons (Fsp3) is 0.261. The van der Waals surface area contributed by atoms with E-state index >= 15 is 0 Å². The molecule has 8 nitrogen and oxygen atoms in total. The average Bonchev–Trinajstić information content (AvgIpc) is 3.29. The molecule has 4 aromatic rings. The van der Waals surface area contributed by atoms with E-state index in [1.807, 2.05) is 26.1 Å². The molecule has 0 aliphatic carbocycles. The highest BCUT2D eigenvalue weighted by Gasteiger charge is 2.16. The Labute approximate surface area is 184 Å². The fourth-order valence-electron chi connectivity index (χ4n) is 3.40. The molecule has 0 saturated heterocycles. The molecule has 1 atom stereocenters. The van der Waals surface area contributed by atoms with E-state index in [9.17, 15) is 9.18 Å². The second-order valence-electron chi connectivity index (χ2n) is 7.55. The Morgan fingerprint density at radius 3 is 2.66 bits per heavy atom. The predicted molar refractivity (Wildman–Crippen MR) is 119 cm³/mol. The van der Waals surface area contributed by atoms with Crippen LogP contribution in [-0.4, -0.2) is 38.5 Å². The predicted octanol–water partition coefficient (Wildman–Crippen LogP) is 3.58. The Hall–Kier alpha value is -3.72. The van der Waals surface area contributed by atoms with Gasteiger partial charge in [0.25, 0.3) is 11.4 Å². The molecule has 0 amide bonds. The number of rotatable bonds is 7. The Balaban J connectivity index is 1.66. The summed E-state index contributed by atoms with van der Waals surface area (Å²) < 4.78 is 20.3. The van der Waals surface area contributed by atoms with Crippen molar-refractivity contribution in [1.29, 1.82) is 0 Å². The second-order valence-corrected chi connectivity index (χ2v) is 7.55. The number of halogens is 1. The zero-order chi connectivity index (χ0) is 22.7. The Kier molecular flexibility index (Phi) is 6.18. The second kappa shape index (κ2) is 9.19. The lowest BCUT2D eigenvalue weighted by atomic mass is 10.1. The number of hydrogen-bond acceptors (Lipinski definition) is 7. The van der Waals surface area contributed by atoms with Gasteiger partial charge in [0.15, 0.2) is 0 Å². The minimum Gasteiger partial charge on any atom is -0.415 e. The van der Waals surface area contributed by atoms with Gasteiger partial charge in [-0.3, -0.25) is 9.78 Å². The number of nitrogens with zero attached hydrogens (tertiary/aromatic N) is 5. The molecule has 1 aromatic carbocycles. The largest absolute Gasteiger partial charge is 0.415 e. The summed E-state index contributed by atoms with van der Waals surface area (Å²) in [6.45, 7) is 3.76. The minimum atomic E-state index is -0.644. The lowest BCUT2D eigenvalue weighted by molar-refractivity contribution is 0.371. The van der Waals surface area contributed by atoms with Crippen molar-refractivity contribution < 1.29 is 8.81 Å². The third-order valence-corrected chi connectivity index (χ3v) is 5.11. The first-order chi connectivity index (χ1) is 15.5. The van der Waals surface area contributed by atoms with E-state index in [0.717, 1.165) is 23.2 Å². The van der Waals surface area contributed by atoms with Gasteiger partial charge in [-0.25, -0.2) is 9.37 Å². The number of aryl methyl sites for hydroxylation is 1. The summed E-state index contributed by atoms with van der Waals surface area (Å²) in [7, 11) is 1.90. The van der Waals surface area contributed by atoms with Crippen LogP contribution in [0.4, 0.5) is 4.39 Å². The molecule has 3 aromatic heterocycles. The molecule has 4 rings (SSSR count). The van der Waals surface area contributed by atoms with Gasteiger partial charge in [0.2, 0.25) is 5.89 Å². The minimum absolute atomic E-state index is 0.235. The normalized spacial score (nSPS) is 12.1. The number of aromatic nitrogens is 5. The van der Waals surface area contributed by atoms with E-state index in [1.54, 1.807) is 25.4 Å². The molecular weight excluding hydrogens is 411 g/mol. The highest BCUT2D eigenvalue weighted by Crippen LogP contribution is 2.27. The molecule has 0 spiro atoms. The first kappa shape index (κ1) is 21.5. The topological polar surface area (TPSA) is 98.7 Å². The van der Waals surface area contributed by atoms with Crippen LogP contribution in [0.15, 0.2) is 58.1 Å². The van der Waals surface area contributed by atoms with Gasteiger partial charge < -0.3 is 14.3 Å². The third kappa shape index (κ3) is 4.33. The van der Waals surface area contributed by atoms with Gasteiger partial charge in [-0.15, -0.1) is 10.2 Å². The van der Waals surface area contributed by atoms with Crippen LogP contribution >= 0.6 is 0 Å². The zero-order valence-corrected chi connectivity index (χ0v) is 18.0. The van der Waals surface area contributed by atoms with Crippen LogP contribution in [0.5, 0.6) is 0 Å². The first-order valence-electron chi connectivity index (χ1n) is 10.2. The van der Waals surface area contributed by atoms with E-state index in [-0.39, 0.29) is 11.4 Å². The monoisotopic (exact) mass is 434 g/mol. The molecule has 32 heavy (non-hydrogen) atoms. The summed E-state index contributed by atoms with van der Waals surface area (Å²) in [5, 5.41) is 11.4. The van der Waals surface area contributed by atoms with Crippen LogP contribution in [-0.2, 0) is 6.54 Å². The van der Waals surface area contributed by atoms with Crippen molar-refractivity contribution in [3.05, 3.63) is 70.4 Å². The zero-order valence-electron chi connectivity index (χ0n) is 18.0. The molecule has 1 unspecified atom stereocenters. The van der Waals surface area contributed by atoms with Gasteiger partial charge in [0, 0.05) is 29.9 Å². The van der Waals surface area contributed by atoms with Crippen molar-refractivity contribution in [2.75, 3.05) is 13.7 Å². The van der Waals surface area contributed by atoms with Crippen molar-refractivity contribution in [2.24, 2.45) is 0 Å². The molecular formula is C23H23FN6O2. The van der Waals surface area contributed by atoms with Gasteiger partial charge in [-0.2, -0.15) is 0 Å². The Morgan fingerprint density at radius 1 is 1.12 bits per heavy atom. The van der Waals surface area contributed by atoms with E-state index < -0.39 is 12.7 Å². The van der Waals surface area contributed by atoms with Crippen molar-refractivity contribution in [2.45, 2.75) is 26.4 Å². The first-order valence-corrected chi connectivity index (χ1v) is 10.2. The van der Waals surface area contributed by atoms with Gasteiger partial charge in [0.05, 0.1) is 24.1 Å². The summed E-state index contributed by atoms with van der Waals surface area (Å²) >= 11 is 0.